The summed E-state index contributed by atoms with van der Waals surface area (Å²) in [6.07, 6.45) is 7.38. The van der Waals surface area contributed by atoms with Crippen LogP contribution in [0.3, 0.4) is 0 Å². The summed E-state index contributed by atoms with van der Waals surface area (Å²) in [5.74, 6) is -1.32. The van der Waals surface area contributed by atoms with Crippen molar-refractivity contribution in [2.45, 2.75) is 39.0 Å². The third-order valence-corrected chi connectivity index (χ3v) is 6.64. The molecule has 0 bridgehead atoms. The number of thiophene rings is 2. The van der Waals surface area contributed by atoms with Gasteiger partial charge in [0.1, 0.15) is 5.00 Å². The summed E-state index contributed by atoms with van der Waals surface area (Å²) in [6, 6.07) is 2.94. The molecule has 0 radical (unpaired) electrons. The van der Waals surface area contributed by atoms with Gasteiger partial charge in [0.05, 0.1) is 10.5 Å². The molecule has 0 aliphatic heterocycles. The van der Waals surface area contributed by atoms with Crippen LogP contribution >= 0.6 is 22.7 Å². The van der Waals surface area contributed by atoms with Gasteiger partial charge in [-0.25, -0.2) is 0 Å². The number of nitrogens with one attached hydrogen (secondary N) is 3. The van der Waals surface area contributed by atoms with Gasteiger partial charge in [-0.05, 0) is 43.4 Å². The smallest absolute Gasteiger partial charge is 0.313 e. The van der Waals surface area contributed by atoms with Crippen molar-refractivity contribution in [2.75, 3.05) is 5.32 Å². The van der Waals surface area contributed by atoms with E-state index in [1.807, 2.05) is 0 Å². The number of hydrogen-bond acceptors (Lipinski definition) is 7. The first-order valence-electron chi connectivity index (χ1n) is 9.30. The standard InChI is InChI=1S/C19H20N4O5S2/c1-11(24)21-22-18(26)17-13-5-3-2-4-6-14(13)30-19(17)20-15(25)9-7-12-8-10-16(29-12)23(27)28/h7-10H,2-6H2,1H3,(H,20,25)(H,21,24)(H,22,26). The first kappa shape index (κ1) is 21.7. The second kappa shape index (κ2) is 9.63. The summed E-state index contributed by atoms with van der Waals surface area (Å²) in [5, 5.41) is 13.9. The molecule has 0 atom stereocenters. The molecule has 3 N–H and O–H groups in total. The Balaban J connectivity index is 1.80. The van der Waals surface area contributed by atoms with Gasteiger partial charge in [0.2, 0.25) is 11.8 Å². The molecule has 3 amide bonds. The monoisotopic (exact) mass is 448 g/mol. The quantitative estimate of drug-likeness (QED) is 0.279. The van der Waals surface area contributed by atoms with E-state index >= 15 is 0 Å². The van der Waals surface area contributed by atoms with Gasteiger partial charge in [-0.1, -0.05) is 17.8 Å². The lowest BCUT2D eigenvalue weighted by atomic mass is 10.1. The molecule has 158 valence electrons. The number of rotatable bonds is 5. The fourth-order valence-corrected chi connectivity index (χ4v) is 5.13. The van der Waals surface area contributed by atoms with Crippen LogP contribution in [-0.4, -0.2) is 22.6 Å². The van der Waals surface area contributed by atoms with Gasteiger partial charge in [0.25, 0.3) is 5.91 Å². The number of nitrogens with zero attached hydrogens (tertiary/aromatic N) is 1. The van der Waals surface area contributed by atoms with Gasteiger partial charge < -0.3 is 5.32 Å². The van der Waals surface area contributed by atoms with Crippen molar-refractivity contribution >= 4 is 56.5 Å². The van der Waals surface area contributed by atoms with Gasteiger partial charge in [0, 0.05) is 28.8 Å². The van der Waals surface area contributed by atoms with Crippen LogP contribution in [-0.2, 0) is 22.4 Å². The van der Waals surface area contributed by atoms with Crippen molar-refractivity contribution in [1.82, 2.24) is 10.9 Å². The van der Waals surface area contributed by atoms with Crippen LogP contribution < -0.4 is 16.2 Å². The molecule has 1 aliphatic carbocycles. The molecule has 2 aromatic rings. The van der Waals surface area contributed by atoms with Crippen LogP contribution in [0.5, 0.6) is 0 Å². The highest BCUT2D eigenvalue weighted by Gasteiger charge is 2.25. The second-order valence-corrected chi connectivity index (χ2v) is 8.86. The van der Waals surface area contributed by atoms with E-state index in [0.717, 1.165) is 53.9 Å². The van der Waals surface area contributed by atoms with E-state index in [1.165, 1.54) is 36.5 Å². The maximum atomic E-state index is 12.7. The van der Waals surface area contributed by atoms with Crippen molar-refractivity contribution in [3.05, 3.63) is 49.2 Å². The number of hydrogen-bond donors (Lipinski definition) is 3. The van der Waals surface area contributed by atoms with Crippen LogP contribution in [0.1, 0.15) is 51.9 Å². The van der Waals surface area contributed by atoms with Crippen molar-refractivity contribution in [3.63, 3.8) is 0 Å². The maximum Gasteiger partial charge on any atom is 0.324 e. The summed E-state index contributed by atoms with van der Waals surface area (Å²) in [6.45, 7) is 1.29. The zero-order chi connectivity index (χ0) is 21.7. The average Bonchev–Trinajstić information content (AvgIpc) is 3.23. The van der Waals surface area contributed by atoms with Crippen LogP contribution in [0.15, 0.2) is 18.2 Å². The van der Waals surface area contributed by atoms with E-state index in [-0.39, 0.29) is 5.00 Å². The van der Waals surface area contributed by atoms with Crippen molar-refractivity contribution in [1.29, 1.82) is 0 Å². The zero-order valence-corrected chi connectivity index (χ0v) is 17.8. The van der Waals surface area contributed by atoms with Crippen molar-refractivity contribution < 1.29 is 19.3 Å². The second-order valence-electron chi connectivity index (χ2n) is 6.66. The average molecular weight is 449 g/mol. The van der Waals surface area contributed by atoms with Crippen molar-refractivity contribution in [3.8, 4) is 0 Å². The molecule has 11 heteroatoms. The molecular formula is C19H20N4O5S2. The van der Waals surface area contributed by atoms with Crippen LogP contribution in [0, 0.1) is 10.1 Å². The Hall–Kier alpha value is -3.05. The molecular weight excluding hydrogens is 428 g/mol. The molecule has 0 aromatic carbocycles. The Bertz CT molecular complexity index is 1020. The summed E-state index contributed by atoms with van der Waals surface area (Å²) >= 11 is 2.33. The molecule has 2 aromatic heterocycles. The van der Waals surface area contributed by atoms with Crippen LogP contribution in [0.25, 0.3) is 6.08 Å². The van der Waals surface area contributed by atoms with E-state index in [4.69, 9.17) is 0 Å². The minimum atomic E-state index is -0.485. The normalized spacial score (nSPS) is 13.4. The highest BCUT2D eigenvalue weighted by molar-refractivity contribution is 7.17. The summed E-state index contributed by atoms with van der Waals surface area (Å²) in [5.41, 5.74) is 5.94. The number of carbonyl (C=O) groups excluding carboxylic acids is 3. The van der Waals surface area contributed by atoms with E-state index in [1.54, 1.807) is 6.07 Å². The topological polar surface area (TPSA) is 130 Å². The highest BCUT2D eigenvalue weighted by atomic mass is 32.1. The first-order chi connectivity index (χ1) is 14.3. The molecule has 1 aliphatic rings. The molecule has 3 rings (SSSR count). The van der Waals surface area contributed by atoms with Gasteiger partial charge in [-0.2, -0.15) is 0 Å². The third kappa shape index (κ3) is 5.30. The number of hydrazine groups is 1. The lowest BCUT2D eigenvalue weighted by Crippen LogP contribution is -2.40. The fourth-order valence-electron chi connectivity index (χ4n) is 3.12. The predicted molar refractivity (Wildman–Crippen MR) is 115 cm³/mol. The number of carbonyl (C=O) groups is 3. The van der Waals surface area contributed by atoms with Crippen LogP contribution in [0.4, 0.5) is 10.0 Å². The molecule has 9 nitrogen and oxygen atoms in total. The highest BCUT2D eigenvalue weighted by Crippen LogP contribution is 2.37. The van der Waals surface area contributed by atoms with E-state index in [2.05, 4.69) is 16.2 Å². The van der Waals surface area contributed by atoms with Crippen LogP contribution in [0.2, 0.25) is 0 Å². The molecule has 0 saturated carbocycles. The van der Waals surface area contributed by atoms with E-state index < -0.39 is 22.6 Å². The lowest BCUT2D eigenvalue weighted by Gasteiger charge is -2.09. The Morgan fingerprint density at radius 1 is 1.10 bits per heavy atom. The molecule has 30 heavy (non-hydrogen) atoms. The Kier molecular flexibility index (Phi) is 6.95. The summed E-state index contributed by atoms with van der Waals surface area (Å²) < 4.78 is 0. The molecule has 2 heterocycles. The van der Waals surface area contributed by atoms with Gasteiger partial charge >= 0.3 is 5.00 Å². The SMILES string of the molecule is CC(=O)NNC(=O)c1c(NC(=O)C=Cc2ccc([N+](=O)[O-])s2)sc2c1CCCCC2. The number of nitro groups is 1. The summed E-state index contributed by atoms with van der Waals surface area (Å²) in [4.78, 5) is 48.2. The number of aryl methyl sites for hydroxylation is 1. The largest absolute Gasteiger partial charge is 0.324 e. The summed E-state index contributed by atoms with van der Waals surface area (Å²) in [7, 11) is 0. The predicted octanol–water partition coefficient (Wildman–Crippen LogP) is 3.42. The molecule has 0 saturated heterocycles. The number of fused-ring (bicyclic) bond motifs is 1. The van der Waals surface area contributed by atoms with Crippen molar-refractivity contribution in [2.24, 2.45) is 0 Å². The third-order valence-electron chi connectivity index (χ3n) is 4.43. The molecule has 0 fully saturated rings. The maximum absolute atomic E-state index is 12.7. The van der Waals surface area contributed by atoms with Gasteiger partial charge in [-0.15, -0.1) is 11.3 Å². The van der Waals surface area contributed by atoms with E-state index in [0.29, 0.717) is 15.4 Å². The zero-order valence-electron chi connectivity index (χ0n) is 16.1. The van der Waals surface area contributed by atoms with Gasteiger partial charge in [0.15, 0.2) is 0 Å². The Morgan fingerprint density at radius 2 is 1.87 bits per heavy atom. The first-order valence-corrected chi connectivity index (χ1v) is 10.9. The minimum Gasteiger partial charge on any atom is -0.313 e. The Morgan fingerprint density at radius 3 is 2.57 bits per heavy atom. The van der Waals surface area contributed by atoms with Gasteiger partial charge in [-0.3, -0.25) is 35.3 Å². The minimum absolute atomic E-state index is 0.00557. The lowest BCUT2D eigenvalue weighted by molar-refractivity contribution is -0.380. The molecule has 0 spiro atoms. The number of amides is 3. The molecule has 0 unspecified atom stereocenters. The Labute approximate surface area is 180 Å². The number of anilines is 1. The fraction of sp³-hybridized carbons (Fsp3) is 0.316. The van der Waals surface area contributed by atoms with E-state index in [9.17, 15) is 24.5 Å².